The molecule has 4 unspecified atom stereocenters. The molecule has 4 aliphatic rings. The third-order valence-electron chi connectivity index (χ3n) is 9.16. The summed E-state index contributed by atoms with van der Waals surface area (Å²) in [6.07, 6.45) is 8.63. The molecule has 172 valence electrons. The number of benzene rings is 1. The van der Waals surface area contributed by atoms with Crippen molar-refractivity contribution in [2.24, 2.45) is 22.4 Å². The highest BCUT2D eigenvalue weighted by Gasteiger charge is 2.63. The highest BCUT2D eigenvalue weighted by Crippen LogP contribution is 2.67. The fourth-order valence-electron chi connectivity index (χ4n) is 7.61. The van der Waals surface area contributed by atoms with E-state index in [2.05, 4.69) is 36.4 Å². The lowest BCUT2D eigenvalue weighted by atomic mass is 9.51. The van der Waals surface area contributed by atoms with Crippen LogP contribution in [0.5, 0.6) is 0 Å². The Bertz CT molecular complexity index is 935. The van der Waals surface area contributed by atoms with Crippen molar-refractivity contribution in [3.63, 3.8) is 0 Å². The third kappa shape index (κ3) is 3.19. The highest BCUT2D eigenvalue weighted by atomic mass is 16.5. The molecule has 0 saturated heterocycles. The van der Waals surface area contributed by atoms with Crippen molar-refractivity contribution in [1.82, 2.24) is 0 Å². The van der Waals surface area contributed by atoms with Crippen LogP contribution >= 0.6 is 0 Å². The van der Waals surface area contributed by atoms with E-state index in [1.54, 1.807) is 18.3 Å². The van der Waals surface area contributed by atoms with Crippen LogP contribution < -0.4 is 0 Å². The van der Waals surface area contributed by atoms with Crippen molar-refractivity contribution in [2.45, 2.75) is 63.5 Å². The second kappa shape index (κ2) is 8.42. The lowest BCUT2D eigenvalue weighted by Crippen LogP contribution is -2.54. The fraction of sp³-hybridized carbons (Fsp3) is 0.630. The van der Waals surface area contributed by atoms with Gasteiger partial charge in [0.1, 0.15) is 6.54 Å². The number of fused-ring (bicyclic) bond motifs is 4. The first-order valence-corrected chi connectivity index (χ1v) is 12.0. The van der Waals surface area contributed by atoms with Crippen molar-refractivity contribution in [3.05, 3.63) is 63.3 Å². The van der Waals surface area contributed by atoms with Crippen LogP contribution in [0.3, 0.4) is 0 Å². The van der Waals surface area contributed by atoms with Crippen molar-refractivity contribution >= 4 is 0 Å². The zero-order valence-corrected chi connectivity index (χ0v) is 19.6. The first-order chi connectivity index (χ1) is 15.6. The molecule has 2 fully saturated rings. The molecule has 5 atom stereocenters. The minimum absolute atomic E-state index is 0.0482. The van der Waals surface area contributed by atoms with E-state index in [0.29, 0.717) is 24.4 Å². The van der Waals surface area contributed by atoms with Gasteiger partial charge in [0.05, 0.1) is 25.1 Å². The van der Waals surface area contributed by atoms with Gasteiger partial charge in [0, 0.05) is 32.0 Å². The van der Waals surface area contributed by atoms with Gasteiger partial charge in [-0.25, -0.2) is 0 Å². The number of ether oxygens (including phenoxy) is 3. The van der Waals surface area contributed by atoms with Gasteiger partial charge >= 0.3 is 0 Å². The van der Waals surface area contributed by atoms with Gasteiger partial charge in [-0.05, 0) is 66.2 Å². The maximum Gasteiger partial charge on any atom is 0.106 e. The van der Waals surface area contributed by atoms with Crippen LogP contribution in [-0.2, 0) is 20.8 Å². The van der Waals surface area contributed by atoms with Crippen LogP contribution in [0.1, 0.15) is 62.5 Å². The van der Waals surface area contributed by atoms with E-state index in [-0.39, 0.29) is 17.6 Å². The van der Waals surface area contributed by atoms with Gasteiger partial charge in [-0.15, -0.1) is 0 Å². The summed E-state index contributed by atoms with van der Waals surface area (Å²) in [5.41, 5.74) is 6.73. The zero-order valence-electron chi connectivity index (χ0n) is 19.6. The second-order valence-electron chi connectivity index (χ2n) is 10.3. The van der Waals surface area contributed by atoms with Crippen LogP contribution in [-0.4, -0.2) is 33.0 Å². The Labute approximate surface area is 191 Å². The van der Waals surface area contributed by atoms with Gasteiger partial charge < -0.3 is 14.2 Å². The first-order valence-electron chi connectivity index (χ1n) is 12.0. The molecule has 1 aromatic carbocycles. The topological polar surface area (TPSA) is 57.1 Å². The number of allylic oxidation sites excluding steroid dienone is 2. The lowest BCUT2D eigenvalue weighted by Gasteiger charge is -2.55. The molecule has 1 aliphatic heterocycles. The van der Waals surface area contributed by atoms with E-state index in [9.17, 15) is 4.91 Å². The SMILES string of the molecule is COCC1(OC)CCC2C3CCC4=COCCC4=C3C(c3ccc(CN=O)cc3)C[C@@]21C. The number of nitrogens with zero attached hydrogens (tertiary/aromatic N) is 1. The smallest absolute Gasteiger partial charge is 0.106 e. The monoisotopic (exact) mass is 437 g/mol. The van der Waals surface area contributed by atoms with Gasteiger partial charge in [0.15, 0.2) is 0 Å². The number of nitroso groups, excluding NO2 is 1. The van der Waals surface area contributed by atoms with E-state index in [0.717, 1.165) is 37.9 Å². The van der Waals surface area contributed by atoms with Crippen LogP contribution in [0.15, 0.2) is 52.4 Å². The second-order valence-corrected chi connectivity index (χ2v) is 10.3. The van der Waals surface area contributed by atoms with Crippen molar-refractivity contribution in [3.8, 4) is 0 Å². The summed E-state index contributed by atoms with van der Waals surface area (Å²) in [6.45, 7) is 4.11. The van der Waals surface area contributed by atoms with E-state index in [1.807, 2.05) is 13.4 Å². The Morgan fingerprint density at radius 2 is 1.97 bits per heavy atom. The molecule has 5 rings (SSSR count). The van der Waals surface area contributed by atoms with Crippen LogP contribution in [0.2, 0.25) is 0 Å². The quantitative estimate of drug-likeness (QED) is 0.520. The average Bonchev–Trinajstić information content (AvgIpc) is 3.11. The van der Waals surface area contributed by atoms with Gasteiger partial charge in [0.25, 0.3) is 0 Å². The normalized spacial score (nSPS) is 36.0. The molecule has 5 heteroatoms. The molecule has 5 nitrogen and oxygen atoms in total. The lowest BCUT2D eigenvalue weighted by molar-refractivity contribution is -0.149. The standard InChI is InChI=1S/C27H35NO4/c1-26-14-23(19-6-4-18(5-7-19)15-28-29)25-21-11-13-32-16-20(21)8-9-22(25)24(26)10-12-27(26,31-3)17-30-2/h4-7,16,22-24H,8-15,17H2,1-3H3/t22?,23?,24?,26-,27?/m0/s1. The van der Waals surface area contributed by atoms with Crippen molar-refractivity contribution in [1.29, 1.82) is 0 Å². The van der Waals surface area contributed by atoms with E-state index in [4.69, 9.17) is 14.2 Å². The minimum Gasteiger partial charge on any atom is -0.501 e. The van der Waals surface area contributed by atoms with Crippen molar-refractivity contribution < 1.29 is 14.2 Å². The van der Waals surface area contributed by atoms with E-state index in [1.165, 1.54) is 24.0 Å². The summed E-state index contributed by atoms with van der Waals surface area (Å²) < 4.78 is 17.8. The average molecular weight is 438 g/mol. The molecule has 0 spiro atoms. The van der Waals surface area contributed by atoms with Crippen molar-refractivity contribution in [2.75, 3.05) is 27.4 Å². The molecular formula is C27H35NO4. The molecular weight excluding hydrogens is 402 g/mol. The number of rotatable bonds is 6. The molecule has 0 amide bonds. The molecule has 1 aromatic rings. The summed E-state index contributed by atoms with van der Waals surface area (Å²) in [4.78, 5) is 10.7. The van der Waals surface area contributed by atoms with E-state index < -0.39 is 0 Å². The number of hydrogen-bond acceptors (Lipinski definition) is 5. The molecule has 0 radical (unpaired) electrons. The van der Waals surface area contributed by atoms with Gasteiger partial charge in [-0.2, -0.15) is 4.91 Å². The summed E-state index contributed by atoms with van der Waals surface area (Å²) in [5.74, 6) is 1.54. The Balaban J connectivity index is 1.63. The molecule has 0 aromatic heterocycles. The molecule has 0 bridgehead atoms. The largest absolute Gasteiger partial charge is 0.501 e. The zero-order chi connectivity index (χ0) is 22.3. The Morgan fingerprint density at radius 3 is 2.69 bits per heavy atom. The molecule has 32 heavy (non-hydrogen) atoms. The Hall–Kier alpha value is -1.98. The molecule has 1 heterocycles. The third-order valence-corrected chi connectivity index (χ3v) is 9.16. The summed E-state index contributed by atoms with van der Waals surface area (Å²) in [6, 6.07) is 8.58. The van der Waals surface area contributed by atoms with Gasteiger partial charge in [-0.1, -0.05) is 41.9 Å². The van der Waals surface area contributed by atoms with Crippen LogP contribution in [0.4, 0.5) is 0 Å². The maximum atomic E-state index is 10.7. The highest BCUT2D eigenvalue weighted by molar-refractivity contribution is 5.48. The summed E-state index contributed by atoms with van der Waals surface area (Å²) >= 11 is 0. The molecule has 3 aliphatic carbocycles. The van der Waals surface area contributed by atoms with Crippen LogP contribution in [0, 0.1) is 22.2 Å². The molecule has 0 N–H and O–H groups in total. The first kappa shape index (κ1) is 21.8. The number of hydrogen-bond donors (Lipinski definition) is 0. The number of methoxy groups -OCH3 is 2. The Kier molecular flexibility index (Phi) is 5.75. The minimum atomic E-state index is -0.242. The Morgan fingerprint density at radius 1 is 1.16 bits per heavy atom. The predicted octanol–water partition coefficient (Wildman–Crippen LogP) is 5.90. The van der Waals surface area contributed by atoms with E-state index >= 15 is 0 Å². The van der Waals surface area contributed by atoms with Crippen LogP contribution in [0.25, 0.3) is 0 Å². The fourth-order valence-corrected chi connectivity index (χ4v) is 7.61. The maximum absolute atomic E-state index is 10.7. The van der Waals surface area contributed by atoms with Gasteiger partial charge in [-0.3, -0.25) is 0 Å². The van der Waals surface area contributed by atoms with Gasteiger partial charge in [0.2, 0.25) is 0 Å². The predicted molar refractivity (Wildman–Crippen MR) is 124 cm³/mol. The molecule has 2 saturated carbocycles. The summed E-state index contributed by atoms with van der Waals surface area (Å²) in [5, 5.41) is 3.06. The summed E-state index contributed by atoms with van der Waals surface area (Å²) in [7, 11) is 3.67.